The van der Waals surface area contributed by atoms with Crippen LogP contribution in [0.4, 0.5) is 0 Å². The third kappa shape index (κ3) is 4.38. The zero-order valence-corrected chi connectivity index (χ0v) is 17.7. The number of thiophene rings is 1. The Bertz CT molecular complexity index is 959. The number of nitrogens with one attached hydrogen (secondary N) is 1. The van der Waals surface area contributed by atoms with Crippen LogP contribution in [0.1, 0.15) is 48.7 Å². The lowest BCUT2D eigenvalue weighted by atomic mass is 10.1. The van der Waals surface area contributed by atoms with Gasteiger partial charge in [0.25, 0.3) is 11.9 Å². The van der Waals surface area contributed by atoms with Crippen LogP contribution in [0.5, 0.6) is 0 Å². The second-order valence-electron chi connectivity index (χ2n) is 7.13. The van der Waals surface area contributed by atoms with E-state index >= 15 is 0 Å². The summed E-state index contributed by atoms with van der Waals surface area (Å²) >= 11 is 1.64. The maximum absolute atomic E-state index is 12.8. The van der Waals surface area contributed by atoms with E-state index in [1.807, 2.05) is 23.6 Å². The van der Waals surface area contributed by atoms with Crippen LogP contribution in [0, 0.1) is 0 Å². The molecule has 0 unspecified atom stereocenters. The van der Waals surface area contributed by atoms with E-state index in [-0.39, 0.29) is 5.91 Å². The predicted octanol–water partition coefficient (Wildman–Crippen LogP) is 3.34. The van der Waals surface area contributed by atoms with Gasteiger partial charge in [-0.15, -0.1) is 11.3 Å². The third-order valence-electron chi connectivity index (χ3n) is 5.23. The van der Waals surface area contributed by atoms with Crippen molar-refractivity contribution in [3.8, 4) is 16.5 Å². The van der Waals surface area contributed by atoms with Crippen molar-refractivity contribution in [1.29, 1.82) is 0 Å². The molecule has 1 amide bonds. The highest BCUT2D eigenvalue weighted by molar-refractivity contribution is 7.13. The van der Waals surface area contributed by atoms with Crippen molar-refractivity contribution in [1.82, 2.24) is 30.0 Å². The summed E-state index contributed by atoms with van der Waals surface area (Å²) in [6.45, 7) is 7.69. The summed E-state index contributed by atoms with van der Waals surface area (Å²) in [7, 11) is 0. The highest BCUT2D eigenvalue weighted by atomic mass is 32.1. The van der Waals surface area contributed by atoms with Gasteiger partial charge in [-0.25, -0.2) is 14.6 Å². The number of likely N-dealkylation sites (N-methyl/N-ethyl adjacent to an activating group) is 1. The molecule has 0 radical (unpaired) electrons. The van der Waals surface area contributed by atoms with Crippen molar-refractivity contribution in [2.75, 3.05) is 26.2 Å². The van der Waals surface area contributed by atoms with Crippen LogP contribution in [0.15, 0.2) is 36.0 Å². The van der Waals surface area contributed by atoms with E-state index in [1.54, 1.807) is 28.4 Å². The van der Waals surface area contributed by atoms with Gasteiger partial charge in [0.15, 0.2) is 0 Å². The normalized spacial score (nSPS) is 13.8. The largest absolute Gasteiger partial charge is 0.351 e. The number of carbonyl (C=O) groups excluding carboxylic acids is 1. The summed E-state index contributed by atoms with van der Waals surface area (Å²) in [6.07, 6.45) is 5.53. The zero-order valence-electron chi connectivity index (χ0n) is 16.8. The summed E-state index contributed by atoms with van der Waals surface area (Å²) < 4.78 is 1.74. The van der Waals surface area contributed by atoms with Crippen LogP contribution >= 0.6 is 11.3 Å². The highest BCUT2D eigenvalue weighted by Gasteiger charge is 2.33. The number of hydrogen-bond acceptors (Lipinski definition) is 6. The van der Waals surface area contributed by atoms with Gasteiger partial charge in [0, 0.05) is 25.2 Å². The van der Waals surface area contributed by atoms with E-state index in [4.69, 9.17) is 4.98 Å². The Balaban J connectivity index is 1.56. The molecule has 4 rings (SSSR count). The molecule has 3 aromatic heterocycles. The quantitative estimate of drug-likeness (QED) is 0.586. The molecule has 1 aliphatic carbocycles. The van der Waals surface area contributed by atoms with Gasteiger partial charge in [-0.05, 0) is 43.4 Å². The molecule has 3 aromatic rings. The standard InChI is InChI=1S/C21H26N6OS/c1-3-26(4-2)12-11-22-20(28)16-14-24-27(19(16)15-7-8-15)21-23-10-9-17(25-21)18-6-5-13-29-18/h5-6,9-10,13-15H,3-4,7-8,11-12H2,1-2H3,(H,22,28). The molecule has 3 heterocycles. The third-order valence-corrected chi connectivity index (χ3v) is 6.12. The SMILES string of the molecule is CCN(CC)CCNC(=O)c1cnn(-c2nccc(-c3cccs3)n2)c1C1CC1. The summed E-state index contributed by atoms with van der Waals surface area (Å²) in [4.78, 5) is 25.3. The molecule has 29 heavy (non-hydrogen) atoms. The first kappa shape index (κ1) is 19.7. The predicted molar refractivity (Wildman–Crippen MR) is 115 cm³/mol. The van der Waals surface area contributed by atoms with E-state index in [1.165, 1.54) is 0 Å². The summed E-state index contributed by atoms with van der Waals surface area (Å²) in [6, 6.07) is 5.94. The topological polar surface area (TPSA) is 75.9 Å². The molecule has 152 valence electrons. The number of nitrogens with zero attached hydrogens (tertiary/aromatic N) is 5. The first-order valence-corrected chi connectivity index (χ1v) is 11.0. The summed E-state index contributed by atoms with van der Waals surface area (Å²) in [5.41, 5.74) is 2.43. The molecular formula is C21H26N6OS. The zero-order chi connectivity index (χ0) is 20.2. The number of carbonyl (C=O) groups is 1. The molecule has 0 saturated heterocycles. The van der Waals surface area contributed by atoms with Crippen molar-refractivity contribution in [2.45, 2.75) is 32.6 Å². The summed E-state index contributed by atoms with van der Waals surface area (Å²) in [5, 5.41) is 9.57. The van der Waals surface area contributed by atoms with Gasteiger partial charge < -0.3 is 10.2 Å². The molecule has 0 aromatic carbocycles. The molecule has 7 nitrogen and oxygen atoms in total. The molecule has 1 N–H and O–H groups in total. The number of hydrogen-bond donors (Lipinski definition) is 1. The van der Waals surface area contributed by atoms with Crippen molar-refractivity contribution in [3.05, 3.63) is 47.2 Å². The minimum absolute atomic E-state index is 0.0697. The first-order chi connectivity index (χ1) is 14.2. The molecular weight excluding hydrogens is 384 g/mol. The molecule has 0 spiro atoms. The van der Waals surface area contributed by atoms with Crippen molar-refractivity contribution in [2.24, 2.45) is 0 Å². The lowest BCUT2D eigenvalue weighted by Crippen LogP contribution is -2.35. The van der Waals surface area contributed by atoms with E-state index < -0.39 is 0 Å². The molecule has 1 aliphatic rings. The van der Waals surface area contributed by atoms with E-state index in [9.17, 15) is 4.79 Å². The molecule has 0 aliphatic heterocycles. The number of aromatic nitrogens is 4. The Morgan fingerprint density at radius 1 is 1.31 bits per heavy atom. The van der Waals surface area contributed by atoms with E-state index in [0.29, 0.717) is 24.0 Å². The number of amides is 1. The Hall–Kier alpha value is -2.58. The van der Waals surface area contributed by atoms with Gasteiger partial charge in [0.05, 0.1) is 28.0 Å². The molecule has 0 bridgehead atoms. The maximum atomic E-state index is 12.8. The highest BCUT2D eigenvalue weighted by Crippen LogP contribution is 2.42. The van der Waals surface area contributed by atoms with Crippen LogP contribution < -0.4 is 5.32 Å². The van der Waals surface area contributed by atoms with Gasteiger partial charge in [-0.1, -0.05) is 19.9 Å². The minimum Gasteiger partial charge on any atom is -0.351 e. The van der Waals surface area contributed by atoms with Gasteiger partial charge >= 0.3 is 0 Å². The maximum Gasteiger partial charge on any atom is 0.254 e. The van der Waals surface area contributed by atoms with Gasteiger partial charge in [0.2, 0.25) is 0 Å². The second kappa shape index (κ2) is 8.84. The van der Waals surface area contributed by atoms with Crippen LogP contribution in [-0.2, 0) is 0 Å². The number of rotatable bonds is 9. The lowest BCUT2D eigenvalue weighted by Gasteiger charge is -2.18. The lowest BCUT2D eigenvalue weighted by molar-refractivity contribution is 0.0948. The van der Waals surface area contributed by atoms with Gasteiger partial charge in [-0.3, -0.25) is 4.79 Å². The van der Waals surface area contributed by atoms with E-state index in [0.717, 1.165) is 48.7 Å². The molecule has 1 saturated carbocycles. The monoisotopic (exact) mass is 410 g/mol. The average molecular weight is 411 g/mol. The first-order valence-electron chi connectivity index (χ1n) is 10.2. The Labute approximate surface area is 174 Å². The molecule has 1 fully saturated rings. The van der Waals surface area contributed by atoms with E-state index in [2.05, 4.69) is 34.1 Å². The Morgan fingerprint density at radius 2 is 2.14 bits per heavy atom. The average Bonchev–Trinajstić information content (AvgIpc) is 3.26. The van der Waals surface area contributed by atoms with Crippen molar-refractivity contribution < 1.29 is 4.79 Å². The molecule has 0 atom stereocenters. The van der Waals surface area contributed by atoms with Gasteiger partial charge in [0.1, 0.15) is 0 Å². The fourth-order valence-electron chi connectivity index (χ4n) is 3.42. The van der Waals surface area contributed by atoms with Crippen LogP contribution in [0.25, 0.3) is 16.5 Å². The second-order valence-corrected chi connectivity index (χ2v) is 8.08. The minimum atomic E-state index is -0.0697. The fraction of sp³-hybridized carbons (Fsp3) is 0.429. The Morgan fingerprint density at radius 3 is 2.83 bits per heavy atom. The van der Waals surface area contributed by atoms with Gasteiger partial charge in [-0.2, -0.15) is 5.10 Å². The van der Waals surface area contributed by atoms with Crippen molar-refractivity contribution in [3.63, 3.8) is 0 Å². The van der Waals surface area contributed by atoms with Crippen molar-refractivity contribution >= 4 is 17.2 Å². The Kier molecular flexibility index (Phi) is 6.01. The van der Waals surface area contributed by atoms with Crippen LogP contribution in [0.2, 0.25) is 0 Å². The van der Waals surface area contributed by atoms with Crippen LogP contribution in [-0.4, -0.2) is 56.7 Å². The summed E-state index contributed by atoms with van der Waals surface area (Å²) in [5.74, 6) is 0.787. The molecule has 8 heteroatoms. The van der Waals surface area contributed by atoms with Crippen LogP contribution in [0.3, 0.4) is 0 Å². The smallest absolute Gasteiger partial charge is 0.254 e. The fourth-order valence-corrected chi connectivity index (χ4v) is 4.11.